The first kappa shape index (κ1) is 17.9. The molecule has 0 amide bonds. The van der Waals surface area contributed by atoms with Gasteiger partial charge in [0, 0.05) is 29.8 Å². The van der Waals surface area contributed by atoms with Gasteiger partial charge in [-0.15, -0.1) is 10.2 Å². The van der Waals surface area contributed by atoms with Gasteiger partial charge in [0.25, 0.3) is 0 Å². The maximum absolute atomic E-state index is 11.6. The molecular formula is C18H24N4O2S. The molecule has 0 aromatic carbocycles. The predicted molar refractivity (Wildman–Crippen MR) is 97.3 cm³/mol. The topological polar surface area (TPSA) is 69.9 Å². The number of ether oxygens (including phenoxy) is 1. The minimum Gasteiger partial charge on any atom is -0.466 e. The lowest BCUT2D eigenvalue weighted by Crippen LogP contribution is -2.15. The van der Waals surface area contributed by atoms with E-state index in [0.717, 1.165) is 29.4 Å². The van der Waals surface area contributed by atoms with Gasteiger partial charge in [-0.25, -0.2) is 0 Å². The Bertz CT molecular complexity index is 684. The van der Waals surface area contributed by atoms with Crippen LogP contribution in [0.1, 0.15) is 51.5 Å². The van der Waals surface area contributed by atoms with E-state index < -0.39 is 0 Å². The summed E-state index contributed by atoms with van der Waals surface area (Å²) < 4.78 is 7.27. The Morgan fingerprint density at radius 2 is 2.00 bits per heavy atom. The number of carbonyl (C=O) groups excluding carboxylic acids is 1. The van der Waals surface area contributed by atoms with Gasteiger partial charge in [-0.1, -0.05) is 31.0 Å². The van der Waals surface area contributed by atoms with Crippen LogP contribution in [0, 0.1) is 0 Å². The van der Waals surface area contributed by atoms with Crippen LogP contribution < -0.4 is 0 Å². The predicted octanol–water partition coefficient (Wildman–Crippen LogP) is 3.89. The van der Waals surface area contributed by atoms with Crippen LogP contribution in [0.2, 0.25) is 0 Å². The Balaban J connectivity index is 1.80. The Kier molecular flexibility index (Phi) is 6.44. The molecule has 0 atom stereocenters. The van der Waals surface area contributed by atoms with Gasteiger partial charge in [0.15, 0.2) is 11.0 Å². The molecule has 1 fully saturated rings. The van der Waals surface area contributed by atoms with Crippen molar-refractivity contribution in [3.05, 3.63) is 24.5 Å². The van der Waals surface area contributed by atoms with Gasteiger partial charge >= 0.3 is 5.97 Å². The Hall–Kier alpha value is -1.89. The van der Waals surface area contributed by atoms with E-state index in [1.54, 1.807) is 24.2 Å². The van der Waals surface area contributed by atoms with E-state index in [4.69, 9.17) is 4.74 Å². The van der Waals surface area contributed by atoms with Crippen molar-refractivity contribution in [1.82, 2.24) is 19.7 Å². The van der Waals surface area contributed by atoms with E-state index in [1.807, 2.05) is 19.1 Å². The summed E-state index contributed by atoms with van der Waals surface area (Å²) in [6, 6.07) is 4.37. The standard InChI is InChI=1S/C18H24N4O2S/c1-2-24-16(23)10-13-25-18-21-20-17(14-8-11-19-12-9-14)22(18)15-6-4-3-5-7-15/h8-9,11-12,15H,2-7,10,13H2,1H3. The van der Waals surface area contributed by atoms with Crippen molar-refractivity contribution in [2.45, 2.75) is 56.6 Å². The molecule has 1 aliphatic carbocycles. The van der Waals surface area contributed by atoms with Crippen molar-refractivity contribution in [1.29, 1.82) is 0 Å². The first-order chi connectivity index (χ1) is 12.3. The minimum absolute atomic E-state index is 0.159. The van der Waals surface area contributed by atoms with Crippen molar-refractivity contribution >= 4 is 17.7 Å². The molecule has 0 unspecified atom stereocenters. The van der Waals surface area contributed by atoms with Gasteiger partial charge < -0.3 is 4.74 Å². The third kappa shape index (κ3) is 4.60. The number of hydrogen-bond acceptors (Lipinski definition) is 6. The lowest BCUT2D eigenvalue weighted by molar-refractivity contribution is -0.142. The summed E-state index contributed by atoms with van der Waals surface area (Å²) in [6.07, 6.45) is 10.0. The van der Waals surface area contributed by atoms with E-state index in [-0.39, 0.29) is 5.97 Å². The van der Waals surface area contributed by atoms with Crippen molar-refractivity contribution in [2.75, 3.05) is 12.4 Å². The van der Waals surface area contributed by atoms with Crippen molar-refractivity contribution in [2.24, 2.45) is 0 Å². The lowest BCUT2D eigenvalue weighted by atomic mass is 9.95. The molecule has 25 heavy (non-hydrogen) atoms. The number of pyridine rings is 1. The minimum atomic E-state index is -0.159. The summed E-state index contributed by atoms with van der Waals surface area (Å²) in [5.41, 5.74) is 1.03. The van der Waals surface area contributed by atoms with Gasteiger partial charge in [-0.3, -0.25) is 14.3 Å². The molecule has 0 bridgehead atoms. The number of carbonyl (C=O) groups is 1. The summed E-state index contributed by atoms with van der Waals surface area (Å²) in [6.45, 7) is 2.25. The molecule has 2 heterocycles. The highest BCUT2D eigenvalue weighted by Gasteiger charge is 2.23. The Labute approximate surface area is 152 Å². The lowest BCUT2D eigenvalue weighted by Gasteiger charge is -2.25. The zero-order valence-electron chi connectivity index (χ0n) is 14.6. The van der Waals surface area contributed by atoms with Crippen LogP contribution in [0.15, 0.2) is 29.7 Å². The highest BCUT2D eigenvalue weighted by Crippen LogP contribution is 2.35. The quantitative estimate of drug-likeness (QED) is 0.551. The third-order valence-electron chi connectivity index (χ3n) is 4.39. The smallest absolute Gasteiger partial charge is 0.306 e. The number of esters is 1. The monoisotopic (exact) mass is 360 g/mol. The van der Waals surface area contributed by atoms with Crippen molar-refractivity contribution < 1.29 is 9.53 Å². The normalized spacial score (nSPS) is 15.2. The van der Waals surface area contributed by atoms with Gasteiger partial charge in [-0.2, -0.15) is 0 Å². The van der Waals surface area contributed by atoms with Crippen LogP contribution in [-0.4, -0.2) is 38.1 Å². The summed E-state index contributed by atoms with van der Waals surface area (Å²) >= 11 is 1.58. The molecule has 7 heteroatoms. The second-order valence-electron chi connectivity index (χ2n) is 6.11. The van der Waals surface area contributed by atoms with E-state index in [0.29, 0.717) is 24.8 Å². The first-order valence-electron chi connectivity index (χ1n) is 8.93. The van der Waals surface area contributed by atoms with Gasteiger partial charge in [0.05, 0.1) is 13.0 Å². The summed E-state index contributed by atoms with van der Waals surface area (Å²) in [5, 5.41) is 9.75. The van der Waals surface area contributed by atoms with Crippen LogP contribution in [0.4, 0.5) is 0 Å². The molecule has 1 aliphatic rings. The highest BCUT2D eigenvalue weighted by atomic mass is 32.2. The van der Waals surface area contributed by atoms with Crippen molar-refractivity contribution in [3.63, 3.8) is 0 Å². The summed E-state index contributed by atoms with van der Waals surface area (Å²) in [5.74, 6) is 1.39. The SMILES string of the molecule is CCOC(=O)CCSc1nnc(-c2ccncc2)n1C1CCCCC1. The second-order valence-corrected chi connectivity index (χ2v) is 7.17. The molecule has 0 saturated heterocycles. The summed E-state index contributed by atoms with van der Waals surface area (Å²) in [7, 11) is 0. The molecule has 2 aromatic rings. The van der Waals surface area contributed by atoms with E-state index in [2.05, 4.69) is 19.7 Å². The molecule has 2 aromatic heterocycles. The number of thioether (sulfide) groups is 1. The van der Waals surface area contributed by atoms with Crippen LogP contribution in [0.25, 0.3) is 11.4 Å². The van der Waals surface area contributed by atoms with Crippen LogP contribution in [0.3, 0.4) is 0 Å². The number of aromatic nitrogens is 4. The average molecular weight is 360 g/mol. The number of hydrogen-bond donors (Lipinski definition) is 0. The molecule has 134 valence electrons. The number of nitrogens with zero attached hydrogens (tertiary/aromatic N) is 4. The summed E-state index contributed by atoms with van der Waals surface area (Å²) in [4.78, 5) is 15.7. The maximum atomic E-state index is 11.6. The third-order valence-corrected chi connectivity index (χ3v) is 5.33. The van der Waals surface area contributed by atoms with Crippen LogP contribution >= 0.6 is 11.8 Å². The molecule has 0 radical (unpaired) electrons. The van der Waals surface area contributed by atoms with E-state index >= 15 is 0 Å². The molecule has 0 N–H and O–H groups in total. The zero-order chi connectivity index (χ0) is 17.5. The second kappa shape index (κ2) is 8.99. The molecule has 6 nitrogen and oxygen atoms in total. The molecule has 0 aliphatic heterocycles. The fourth-order valence-corrected chi connectivity index (χ4v) is 4.12. The maximum Gasteiger partial charge on any atom is 0.306 e. The Morgan fingerprint density at radius 3 is 2.72 bits per heavy atom. The molecule has 3 rings (SSSR count). The van der Waals surface area contributed by atoms with Gasteiger partial charge in [0.1, 0.15) is 0 Å². The van der Waals surface area contributed by atoms with Crippen LogP contribution in [0.5, 0.6) is 0 Å². The zero-order valence-corrected chi connectivity index (χ0v) is 15.4. The average Bonchev–Trinajstić information content (AvgIpc) is 3.07. The fourth-order valence-electron chi connectivity index (χ4n) is 3.20. The van der Waals surface area contributed by atoms with Gasteiger partial charge in [-0.05, 0) is 31.9 Å². The van der Waals surface area contributed by atoms with E-state index in [9.17, 15) is 4.79 Å². The highest BCUT2D eigenvalue weighted by molar-refractivity contribution is 7.99. The van der Waals surface area contributed by atoms with E-state index in [1.165, 1.54) is 19.3 Å². The largest absolute Gasteiger partial charge is 0.466 e. The molecular weight excluding hydrogens is 336 g/mol. The van der Waals surface area contributed by atoms with Crippen molar-refractivity contribution in [3.8, 4) is 11.4 Å². The molecule has 1 saturated carbocycles. The number of rotatable bonds is 7. The first-order valence-corrected chi connectivity index (χ1v) is 9.92. The molecule has 0 spiro atoms. The fraction of sp³-hybridized carbons (Fsp3) is 0.556. The Morgan fingerprint density at radius 1 is 1.24 bits per heavy atom. The van der Waals surface area contributed by atoms with Gasteiger partial charge in [0.2, 0.25) is 0 Å². The van der Waals surface area contributed by atoms with Crippen LogP contribution in [-0.2, 0) is 9.53 Å².